The van der Waals surface area contributed by atoms with Gasteiger partial charge in [-0.15, -0.1) is 0 Å². The summed E-state index contributed by atoms with van der Waals surface area (Å²) in [7, 11) is -4.67. The third kappa shape index (κ3) is 1110. The van der Waals surface area contributed by atoms with Crippen molar-refractivity contribution in [3.05, 3.63) is 0 Å². The van der Waals surface area contributed by atoms with Crippen molar-refractivity contribution in [2.75, 3.05) is 0 Å². The van der Waals surface area contributed by atoms with Gasteiger partial charge in [0.25, 0.3) is 0 Å². The first-order valence-electron chi connectivity index (χ1n) is 0.698. The molecule has 0 aromatic heterocycles. The van der Waals surface area contributed by atoms with Gasteiger partial charge >= 0.3 is 10.4 Å². The van der Waals surface area contributed by atoms with Gasteiger partial charge in [0.1, 0.15) is 0 Å². The van der Waals surface area contributed by atoms with E-state index in [4.69, 9.17) is 17.5 Å². The molecule has 0 aliphatic heterocycles. The summed E-state index contributed by atoms with van der Waals surface area (Å²) in [6, 6.07) is 0. The Hall–Kier alpha value is 1.23. The fourth-order valence-corrected chi connectivity index (χ4v) is 0. The molecule has 9 nitrogen and oxygen atoms in total. The molecule has 0 atom stereocenters. The van der Waals surface area contributed by atoms with Crippen molar-refractivity contribution in [2.45, 2.75) is 0 Å². The molecule has 0 unspecified atom stereocenters. The zero-order valence-corrected chi connectivity index (χ0v) is 9.99. The smallest absolute Gasteiger partial charge is 0.394 e. The average Bonchev–Trinajstić information content (AvgIpc) is 0.722. The predicted molar refractivity (Wildman–Crippen MR) is 37.9 cm³/mol. The Balaban J connectivity index is -0.00000000286. The van der Waals surface area contributed by atoms with Gasteiger partial charge in [0, 0.05) is 51.2 Å². The van der Waals surface area contributed by atoms with Crippen LogP contribution in [0.4, 0.5) is 0 Å². The molecule has 13 heteroatoms. The van der Waals surface area contributed by atoms with E-state index in [1.54, 1.807) is 0 Å². The molecular formula is H16Cu3N4O5S. The molecule has 0 amide bonds. The minimum atomic E-state index is -4.67. The van der Waals surface area contributed by atoms with Crippen LogP contribution < -0.4 is 24.6 Å². The maximum atomic E-state index is 8.74. The molecule has 105 valence electrons. The minimum absolute atomic E-state index is 0. The van der Waals surface area contributed by atoms with Gasteiger partial charge in [-0.1, -0.05) is 0 Å². The summed E-state index contributed by atoms with van der Waals surface area (Å²) in [5.74, 6) is 0. The molecule has 0 spiro atoms. The Morgan fingerprint density at radius 2 is 0.692 bits per heavy atom. The third-order valence-electron chi connectivity index (χ3n) is 0. The van der Waals surface area contributed by atoms with Gasteiger partial charge in [-0.3, -0.25) is 9.11 Å². The Morgan fingerprint density at radius 1 is 0.692 bits per heavy atom. The molecule has 13 heavy (non-hydrogen) atoms. The van der Waals surface area contributed by atoms with Crippen molar-refractivity contribution < 1.29 is 74.2 Å². The van der Waals surface area contributed by atoms with Crippen LogP contribution in [0.2, 0.25) is 0 Å². The second-order valence-electron chi connectivity index (χ2n) is 0.448. The van der Waals surface area contributed by atoms with E-state index in [2.05, 4.69) is 0 Å². The van der Waals surface area contributed by atoms with Crippen LogP contribution in [-0.4, -0.2) is 23.0 Å². The standard InChI is InChI=1S/3Cu.4H3N.H2O4S.H2O/c;;;;;;;1-5(2,3)4;/h;;;4*1H3;(H2,1,2,3,4);1H2. The second-order valence-corrected chi connectivity index (χ2v) is 1.34. The monoisotopic (exact) mass is 373 g/mol. The molecule has 0 rings (SSSR count). The summed E-state index contributed by atoms with van der Waals surface area (Å²) in [6.07, 6.45) is 0. The summed E-state index contributed by atoms with van der Waals surface area (Å²) in [6.45, 7) is 0. The van der Waals surface area contributed by atoms with E-state index in [1.165, 1.54) is 0 Å². The van der Waals surface area contributed by atoms with Crippen LogP contribution in [0.15, 0.2) is 0 Å². The van der Waals surface area contributed by atoms with Gasteiger partial charge in [-0.2, -0.15) is 8.42 Å². The van der Waals surface area contributed by atoms with Crippen LogP contribution in [0.25, 0.3) is 0 Å². The Kier molecular flexibility index (Phi) is 265. The van der Waals surface area contributed by atoms with Gasteiger partial charge in [0.2, 0.25) is 0 Å². The van der Waals surface area contributed by atoms with Crippen molar-refractivity contribution in [1.82, 2.24) is 24.6 Å². The van der Waals surface area contributed by atoms with Crippen LogP contribution >= 0.6 is 0 Å². The molecule has 0 aromatic carbocycles. The van der Waals surface area contributed by atoms with Crippen molar-refractivity contribution >= 4 is 10.4 Å². The summed E-state index contributed by atoms with van der Waals surface area (Å²) >= 11 is 0. The van der Waals surface area contributed by atoms with Crippen molar-refractivity contribution in [3.8, 4) is 0 Å². The quantitative estimate of drug-likeness (QED) is 0.230. The molecule has 0 aromatic rings. The van der Waals surface area contributed by atoms with Crippen molar-refractivity contribution in [1.29, 1.82) is 0 Å². The predicted octanol–water partition coefficient (Wildman–Crippen LogP) is -0.837. The van der Waals surface area contributed by atoms with Gasteiger partial charge < -0.3 is 30.1 Å². The topological polar surface area (TPSA) is 246 Å². The normalized spacial score (nSPS) is 4.46. The van der Waals surface area contributed by atoms with Gasteiger partial charge in [-0.25, -0.2) is 0 Å². The first kappa shape index (κ1) is 91.1. The summed E-state index contributed by atoms with van der Waals surface area (Å²) in [4.78, 5) is 0. The molecule has 3 radical (unpaired) electrons. The first-order chi connectivity index (χ1) is 2.00. The second kappa shape index (κ2) is 37.9. The fraction of sp³-hybridized carbons (Fsp3) is 0. The van der Waals surface area contributed by atoms with E-state index >= 15 is 0 Å². The van der Waals surface area contributed by atoms with Crippen LogP contribution in [-0.2, 0) is 61.6 Å². The number of hydrogen-bond acceptors (Lipinski definition) is 6. The van der Waals surface area contributed by atoms with Crippen LogP contribution in [0.3, 0.4) is 0 Å². The van der Waals surface area contributed by atoms with Crippen molar-refractivity contribution in [3.63, 3.8) is 0 Å². The zero-order chi connectivity index (χ0) is 4.50. The van der Waals surface area contributed by atoms with Crippen LogP contribution in [0.5, 0.6) is 0 Å². The molecule has 0 saturated heterocycles. The molecule has 0 aliphatic carbocycles. The number of rotatable bonds is 0. The molecule has 0 bridgehead atoms. The fourth-order valence-electron chi connectivity index (χ4n) is 0. The van der Waals surface area contributed by atoms with Crippen LogP contribution in [0, 0.1) is 0 Å². The summed E-state index contributed by atoms with van der Waals surface area (Å²) in [5.41, 5.74) is 0. The third-order valence-corrected chi connectivity index (χ3v) is 0. The first-order valence-corrected chi connectivity index (χ1v) is 2.10. The van der Waals surface area contributed by atoms with E-state index in [9.17, 15) is 0 Å². The van der Waals surface area contributed by atoms with Gasteiger partial charge in [0.05, 0.1) is 0 Å². The number of hydrogen-bond donors (Lipinski definition) is 6. The SMILES string of the molecule is N.N.N.N.O.O=S(=O)(O)O.[Cu].[Cu].[Cu]. The zero-order valence-electron chi connectivity index (χ0n) is 6.35. The minimum Gasteiger partial charge on any atom is -0.412 e. The summed E-state index contributed by atoms with van der Waals surface area (Å²) < 4.78 is 31.6. The maximum absolute atomic E-state index is 8.74. The van der Waals surface area contributed by atoms with Gasteiger partial charge in [-0.05, 0) is 0 Å². The van der Waals surface area contributed by atoms with Crippen LogP contribution in [0.1, 0.15) is 0 Å². The van der Waals surface area contributed by atoms with E-state index in [-0.39, 0.29) is 81.3 Å². The largest absolute Gasteiger partial charge is 0.412 e. The molecule has 0 saturated carbocycles. The van der Waals surface area contributed by atoms with E-state index in [0.29, 0.717) is 0 Å². The molecule has 0 aliphatic rings. The van der Waals surface area contributed by atoms with Gasteiger partial charge in [0.15, 0.2) is 0 Å². The van der Waals surface area contributed by atoms with E-state index in [0.717, 1.165) is 0 Å². The maximum Gasteiger partial charge on any atom is 0.394 e. The Bertz CT molecular complexity index is 107. The average molecular weight is 375 g/mol. The van der Waals surface area contributed by atoms with E-state index in [1.807, 2.05) is 0 Å². The van der Waals surface area contributed by atoms with Crippen molar-refractivity contribution in [2.24, 2.45) is 0 Å². The molecule has 16 N–H and O–H groups in total. The Morgan fingerprint density at radius 3 is 0.692 bits per heavy atom. The molecule has 0 heterocycles. The molecular weight excluding hydrogens is 359 g/mol. The summed E-state index contributed by atoms with van der Waals surface area (Å²) in [5, 5.41) is 0. The molecule has 0 fully saturated rings. The Labute approximate surface area is 109 Å². The van der Waals surface area contributed by atoms with E-state index < -0.39 is 10.4 Å².